The van der Waals surface area contributed by atoms with Crippen LogP contribution in [0.1, 0.15) is 0 Å². The summed E-state index contributed by atoms with van der Waals surface area (Å²) in [5.41, 5.74) is 11.4. The van der Waals surface area contributed by atoms with Crippen LogP contribution < -0.4 is 11.5 Å². The summed E-state index contributed by atoms with van der Waals surface area (Å²) in [6.45, 7) is 0. The molecule has 0 aliphatic carbocycles. The van der Waals surface area contributed by atoms with Gasteiger partial charge in [0.1, 0.15) is 0 Å². The van der Waals surface area contributed by atoms with E-state index in [1.54, 1.807) is 6.07 Å². The highest BCUT2D eigenvalue weighted by Gasteiger charge is 1.92. The van der Waals surface area contributed by atoms with Gasteiger partial charge in [0.05, 0.1) is 0 Å². The van der Waals surface area contributed by atoms with Gasteiger partial charge < -0.3 is 11.5 Å². The number of hydrogen-bond acceptors (Lipinski definition) is 2. The molecule has 3 heteroatoms. The van der Waals surface area contributed by atoms with Crippen LogP contribution in [0.25, 0.3) is 0 Å². The van der Waals surface area contributed by atoms with E-state index in [1.807, 2.05) is 0 Å². The van der Waals surface area contributed by atoms with Crippen LogP contribution in [0.2, 0.25) is 0 Å². The molecule has 0 aliphatic heterocycles. The van der Waals surface area contributed by atoms with Crippen LogP contribution in [0.15, 0.2) is 18.2 Å². The van der Waals surface area contributed by atoms with Crippen molar-refractivity contribution >= 4 is 11.4 Å². The second-order valence-corrected chi connectivity index (χ2v) is 1.84. The van der Waals surface area contributed by atoms with E-state index in [2.05, 4.69) is 0 Å². The third-order valence-electron chi connectivity index (χ3n) is 0.951. The van der Waals surface area contributed by atoms with Gasteiger partial charge in [-0.3, -0.25) is 5.11 Å². The third kappa shape index (κ3) is 1.25. The number of nitrogens with two attached hydrogens (primary N) is 2. The number of rotatable bonds is 0. The molecule has 0 atom stereocenters. The summed E-state index contributed by atoms with van der Waals surface area (Å²) in [4.78, 5) is 0. The number of nitrogen functional groups attached to an aromatic ring is 2. The predicted molar refractivity (Wildman–Crippen MR) is 35.4 cm³/mol. The SMILES string of the molecule is Nc1cc(N)cc([O])c1. The lowest BCUT2D eigenvalue weighted by Gasteiger charge is -1.93. The van der Waals surface area contributed by atoms with Gasteiger partial charge in [-0.2, -0.15) is 0 Å². The summed E-state index contributed by atoms with van der Waals surface area (Å²) in [6, 6.07) is 4.20. The molecule has 0 saturated carbocycles. The fourth-order valence-corrected chi connectivity index (χ4v) is 0.646. The topological polar surface area (TPSA) is 71.9 Å². The minimum atomic E-state index is -0.146. The van der Waals surface area contributed by atoms with Gasteiger partial charge >= 0.3 is 0 Å². The highest BCUT2D eigenvalue weighted by atomic mass is 16.3. The van der Waals surface area contributed by atoms with Crippen LogP contribution in [0, 0.1) is 0 Å². The molecule has 0 fully saturated rings. The van der Waals surface area contributed by atoms with E-state index in [1.165, 1.54) is 12.1 Å². The molecular weight excluding hydrogens is 116 g/mol. The van der Waals surface area contributed by atoms with Gasteiger partial charge in [0.25, 0.3) is 0 Å². The van der Waals surface area contributed by atoms with Crippen LogP contribution in [-0.2, 0) is 5.11 Å². The minimum absolute atomic E-state index is 0.146. The van der Waals surface area contributed by atoms with Gasteiger partial charge in [0.2, 0.25) is 0 Å². The molecule has 1 aromatic carbocycles. The molecule has 3 nitrogen and oxygen atoms in total. The van der Waals surface area contributed by atoms with E-state index < -0.39 is 0 Å². The van der Waals surface area contributed by atoms with Crippen LogP contribution in [0.5, 0.6) is 5.75 Å². The van der Waals surface area contributed by atoms with Gasteiger partial charge in [-0.1, -0.05) is 0 Å². The Hall–Kier alpha value is -1.38. The maximum Gasteiger partial charge on any atom is 0.182 e. The van der Waals surface area contributed by atoms with E-state index >= 15 is 0 Å². The Labute approximate surface area is 52.9 Å². The summed E-state index contributed by atoms with van der Waals surface area (Å²) < 4.78 is 0. The first-order valence-electron chi connectivity index (χ1n) is 2.51. The first kappa shape index (κ1) is 5.75. The molecular formula is C6H7N2O. The molecule has 4 N–H and O–H groups in total. The predicted octanol–water partition coefficient (Wildman–Crippen LogP) is 0.995. The van der Waals surface area contributed by atoms with E-state index in [0.717, 1.165) is 0 Å². The minimum Gasteiger partial charge on any atom is -0.399 e. The van der Waals surface area contributed by atoms with Gasteiger partial charge in [0, 0.05) is 23.5 Å². The van der Waals surface area contributed by atoms with Crippen molar-refractivity contribution < 1.29 is 5.11 Å². The molecule has 0 saturated heterocycles. The molecule has 0 aromatic heterocycles. The van der Waals surface area contributed by atoms with Crippen molar-refractivity contribution in [2.45, 2.75) is 0 Å². The van der Waals surface area contributed by atoms with Crippen molar-refractivity contribution in [3.05, 3.63) is 18.2 Å². The average molecular weight is 123 g/mol. The van der Waals surface area contributed by atoms with E-state index in [4.69, 9.17) is 11.5 Å². The summed E-state index contributed by atoms with van der Waals surface area (Å²) in [5, 5.41) is 10.6. The molecule has 0 amide bonds. The van der Waals surface area contributed by atoms with Gasteiger partial charge in [0.15, 0.2) is 5.75 Å². The second kappa shape index (κ2) is 1.85. The Bertz CT molecular complexity index is 172. The number of hydrogen-bond donors (Lipinski definition) is 2. The molecule has 0 bridgehead atoms. The summed E-state index contributed by atoms with van der Waals surface area (Å²) in [7, 11) is 0. The van der Waals surface area contributed by atoms with Gasteiger partial charge in [-0.15, -0.1) is 0 Å². The first-order valence-corrected chi connectivity index (χ1v) is 2.51. The molecule has 1 aromatic rings. The third-order valence-corrected chi connectivity index (χ3v) is 0.951. The summed E-state index contributed by atoms with van der Waals surface area (Å²) in [5.74, 6) is -0.146. The number of benzene rings is 1. The Morgan fingerprint density at radius 3 is 1.78 bits per heavy atom. The molecule has 0 unspecified atom stereocenters. The molecule has 0 aliphatic rings. The Morgan fingerprint density at radius 1 is 1.00 bits per heavy atom. The van der Waals surface area contributed by atoms with Crippen LogP contribution in [0.3, 0.4) is 0 Å². The van der Waals surface area contributed by atoms with Crippen LogP contribution in [-0.4, -0.2) is 0 Å². The normalized spacial score (nSPS) is 9.33. The fourth-order valence-electron chi connectivity index (χ4n) is 0.646. The summed E-state index contributed by atoms with van der Waals surface area (Å²) in [6.07, 6.45) is 0. The standard InChI is InChI=1S/C6H7N2O/c7-4-1-5(8)3-6(9)2-4/h1-3H,7-8H2. The summed E-state index contributed by atoms with van der Waals surface area (Å²) >= 11 is 0. The monoisotopic (exact) mass is 123 g/mol. The van der Waals surface area contributed by atoms with Crippen molar-refractivity contribution in [2.24, 2.45) is 0 Å². The lowest BCUT2D eigenvalue weighted by molar-refractivity contribution is 0.355. The quantitative estimate of drug-likeness (QED) is 0.505. The lowest BCUT2D eigenvalue weighted by Crippen LogP contribution is -1.88. The second-order valence-electron chi connectivity index (χ2n) is 1.84. The number of anilines is 2. The molecule has 0 heterocycles. The molecule has 9 heavy (non-hydrogen) atoms. The van der Waals surface area contributed by atoms with E-state index in [9.17, 15) is 5.11 Å². The molecule has 47 valence electrons. The Morgan fingerprint density at radius 2 is 1.44 bits per heavy atom. The van der Waals surface area contributed by atoms with Crippen molar-refractivity contribution in [2.75, 3.05) is 11.5 Å². The van der Waals surface area contributed by atoms with Crippen molar-refractivity contribution in [3.8, 4) is 5.75 Å². The Balaban J connectivity index is 3.17. The highest BCUT2D eigenvalue weighted by Crippen LogP contribution is 2.18. The Kier molecular flexibility index (Phi) is 1.18. The van der Waals surface area contributed by atoms with Crippen LogP contribution in [0.4, 0.5) is 11.4 Å². The van der Waals surface area contributed by atoms with Crippen molar-refractivity contribution in [1.29, 1.82) is 0 Å². The zero-order valence-electron chi connectivity index (χ0n) is 4.79. The maximum absolute atomic E-state index is 10.6. The smallest absolute Gasteiger partial charge is 0.182 e. The molecule has 1 rings (SSSR count). The lowest BCUT2D eigenvalue weighted by atomic mass is 10.3. The van der Waals surface area contributed by atoms with Crippen molar-refractivity contribution in [1.82, 2.24) is 0 Å². The van der Waals surface area contributed by atoms with E-state index in [-0.39, 0.29) is 5.75 Å². The zero-order chi connectivity index (χ0) is 6.85. The fraction of sp³-hybridized carbons (Fsp3) is 0. The largest absolute Gasteiger partial charge is 0.399 e. The van der Waals surface area contributed by atoms with Crippen LogP contribution >= 0.6 is 0 Å². The first-order chi connectivity index (χ1) is 4.18. The highest BCUT2D eigenvalue weighted by molar-refractivity contribution is 5.55. The van der Waals surface area contributed by atoms with E-state index in [0.29, 0.717) is 11.4 Å². The molecule has 1 radical (unpaired) electrons. The van der Waals surface area contributed by atoms with Gasteiger partial charge in [-0.05, 0) is 6.07 Å². The zero-order valence-corrected chi connectivity index (χ0v) is 4.79. The average Bonchev–Trinajstić information content (AvgIpc) is 1.59. The maximum atomic E-state index is 10.6. The van der Waals surface area contributed by atoms with Crippen molar-refractivity contribution in [3.63, 3.8) is 0 Å². The molecule has 0 spiro atoms. The van der Waals surface area contributed by atoms with Gasteiger partial charge in [-0.25, -0.2) is 0 Å².